The molecule has 0 aliphatic carbocycles. The van der Waals surface area contributed by atoms with Crippen LogP contribution in [0.2, 0.25) is 0 Å². The number of nitrogens with zero attached hydrogens (tertiary/aromatic N) is 2. The van der Waals surface area contributed by atoms with Crippen LogP contribution >= 0.6 is 0 Å². The van der Waals surface area contributed by atoms with E-state index in [4.69, 9.17) is 9.84 Å². The molecule has 1 aliphatic rings. The van der Waals surface area contributed by atoms with Gasteiger partial charge in [0, 0.05) is 23.5 Å². The van der Waals surface area contributed by atoms with E-state index in [2.05, 4.69) is 10.4 Å². The number of anilines is 1. The summed E-state index contributed by atoms with van der Waals surface area (Å²) in [5, 5.41) is 16.0. The van der Waals surface area contributed by atoms with Crippen LogP contribution in [0.15, 0.2) is 30.3 Å². The topological polar surface area (TPSA) is 93.5 Å². The molecule has 0 radical (unpaired) electrons. The van der Waals surface area contributed by atoms with E-state index in [1.165, 1.54) is 4.68 Å². The lowest BCUT2D eigenvalue weighted by Gasteiger charge is -2.21. The van der Waals surface area contributed by atoms with Crippen molar-refractivity contribution in [3.8, 4) is 5.75 Å². The van der Waals surface area contributed by atoms with Crippen molar-refractivity contribution in [2.75, 3.05) is 12.4 Å². The van der Waals surface area contributed by atoms with Crippen LogP contribution in [0.5, 0.6) is 5.75 Å². The van der Waals surface area contributed by atoms with Gasteiger partial charge in [0.2, 0.25) is 5.91 Å². The number of nitrogens with one attached hydrogen (secondary N) is 1. The lowest BCUT2D eigenvalue weighted by molar-refractivity contribution is -0.137. The molecule has 3 rings (SSSR count). The highest BCUT2D eigenvalue weighted by atomic mass is 16.5. The van der Waals surface area contributed by atoms with Gasteiger partial charge in [-0.15, -0.1) is 0 Å². The van der Waals surface area contributed by atoms with Crippen molar-refractivity contribution in [1.82, 2.24) is 9.78 Å². The fourth-order valence-corrected chi connectivity index (χ4v) is 3.09. The Balaban J connectivity index is 1.97. The molecule has 2 heterocycles. The quantitative estimate of drug-likeness (QED) is 0.871. The SMILES string of the molecule is COc1ccccc1/C=C/C1CC(=O)Nc2c1c(C)nn2CC(=O)O. The van der Waals surface area contributed by atoms with E-state index < -0.39 is 5.97 Å². The van der Waals surface area contributed by atoms with Gasteiger partial charge in [0.05, 0.1) is 12.8 Å². The zero-order chi connectivity index (χ0) is 18.0. The number of allylic oxidation sites excluding steroid dienone is 1. The number of benzene rings is 1. The van der Waals surface area contributed by atoms with E-state index in [1.807, 2.05) is 43.3 Å². The molecule has 7 heteroatoms. The number of aryl methyl sites for hydroxylation is 1. The lowest BCUT2D eigenvalue weighted by Crippen LogP contribution is -2.24. The molecule has 1 unspecified atom stereocenters. The molecule has 0 fully saturated rings. The number of carbonyl (C=O) groups excluding carboxylic acids is 1. The molecule has 1 aliphatic heterocycles. The van der Waals surface area contributed by atoms with Crippen molar-refractivity contribution in [3.63, 3.8) is 0 Å². The average molecular weight is 341 g/mol. The van der Waals surface area contributed by atoms with Crippen LogP contribution in [0, 0.1) is 6.92 Å². The molecular weight excluding hydrogens is 322 g/mol. The summed E-state index contributed by atoms with van der Waals surface area (Å²) in [6, 6.07) is 7.61. The van der Waals surface area contributed by atoms with Gasteiger partial charge < -0.3 is 15.2 Å². The molecular formula is C18H19N3O4. The highest BCUT2D eigenvalue weighted by Gasteiger charge is 2.30. The number of carboxylic acid groups (broad SMARTS) is 1. The second kappa shape index (κ2) is 6.80. The second-order valence-corrected chi connectivity index (χ2v) is 5.86. The smallest absolute Gasteiger partial charge is 0.325 e. The van der Waals surface area contributed by atoms with Gasteiger partial charge in [0.1, 0.15) is 18.1 Å². The zero-order valence-corrected chi connectivity index (χ0v) is 14.0. The first-order valence-corrected chi connectivity index (χ1v) is 7.89. The van der Waals surface area contributed by atoms with Crippen molar-refractivity contribution in [2.45, 2.75) is 25.8 Å². The molecule has 0 saturated heterocycles. The normalized spacial score (nSPS) is 16.6. The Labute approximate surface area is 144 Å². The highest BCUT2D eigenvalue weighted by molar-refractivity contribution is 5.94. The molecule has 1 aromatic heterocycles. The summed E-state index contributed by atoms with van der Waals surface area (Å²) in [6.07, 6.45) is 4.15. The van der Waals surface area contributed by atoms with Crippen LogP contribution in [0.1, 0.15) is 29.2 Å². The van der Waals surface area contributed by atoms with Gasteiger partial charge in [0.25, 0.3) is 0 Å². The van der Waals surface area contributed by atoms with E-state index in [0.29, 0.717) is 11.5 Å². The Bertz CT molecular complexity index is 854. The van der Waals surface area contributed by atoms with Gasteiger partial charge in [-0.25, -0.2) is 4.68 Å². The summed E-state index contributed by atoms with van der Waals surface area (Å²) in [5.41, 5.74) is 2.48. The predicted octanol–water partition coefficient (Wildman–Crippen LogP) is 2.42. The Hall–Kier alpha value is -3.09. The third-order valence-corrected chi connectivity index (χ3v) is 4.14. The van der Waals surface area contributed by atoms with Crippen LogP contribution in [-0.4, -0.2) is 33.9 Å². The minimum atomic E-state index is -1.01. The Kier molecular flexibility index (Phi) is 4.56. The number of fused-ring (bicyclic) bond motifs is 1. The lowest BCUT2D eigenvalue weighted by atomic mass is 9.91. The molecule has 1 aromatic carbocycles. The number of aliphatic carboxylic acids is 1. The summed E-state index contributed by atoms with van der Waals surface area (Å²) < 4.78 is 6.66. The van der Waals surface area contributed by atoms with Crippen LogP contribution in [0.25, 0.3) is 6.08 Å². The third kappa shape index (κ3) is 3.40. The molecule has 25 heavy (non-hydrogen) atoms. The van der Waals surface area contributed by atoms with Gasteiger partial charge in [-0.1, -0.05) is 30.4 Å². The fraction of sp³-hybridized carbons (Fsp3) is 0.278. The number of carbonyl (C=O) groups is 2. The van der Waals surface area contributed by atoms with Crippen LogP contribution in [-0.2, 0) is 16.1 Å². The van der Waals surface area contributed by atoms with Gasteiger partial charge >= 0.3 is 5.97 Å². The molecule has 2 aromatic rings. The van der Waals surface area contributed by atoms with Crippen LogP contribution in [0.3, 0.4) is 0 Å². The Morgan fingerprint density at radius 1 is 1.48 bits per heavy atom. The Morgan fingerprint density at radius 2 is 2.24 bits per heavy atom. The van der Waals surface area contributed by atoms with Crippen molar-refractivity contribution in [1.29, 1.82) is 0 Å². The zero-order valence-electron chi connectivity index (χ0n) is 14.0. The van der Waals surface area contributed by atoms with Gasteiger partial charge in [-0.3, -0.25) is 9.59 Å². The number of para-hydroxylation sites is 1. The van der Waals surface area contributed by atoms with Crippen LogP contribution < -0.4 is 10.1 Å². The number of carboxylic acids is 1. The predicted molar refractivity (Wildman–Crippen MR) is 92.6 cm³/mol. The van der Waals surface area contributed by atoms with Crippen molar-refractivity contribution < 1.29 is 19.4 Å². The molecule has 7 nitrogen and oxygen atoms in total. The molecule has 0 bridgehead atoms. The maximum Gasteiger partial charge on any atom is 0.325 e. The monoisotopic (exact) mass is 341 g/mol. The molecule has 1 atom stereocenters. The Morgan fingerprint density at radius 3 is 2.96 bits per heavy atom. The minimum absolute atomic E-state index is 0.159. The van der Waals surface area contributed by atoms with E-state index in [0.717, 1.165) is 16.9 Å². The number of ether oxygens (including phenoxy) is 1. The number of methoxy groups -OCH3 is 1. The first kappa shape index (κ1) is 16.8. The highest BCUT2D eigenvalue weighted by Crippen LogP contribution is 2.36. The van der Waals surface area contributed by atoms with E-state index >= 15 is 0 Å². The number of hydrogen-bond acceptors (Lipinski definition) is 4. The fourth-order valence-electron chi connectivity index (χ4n) is 3.09. The van der Waals surface area contributed by atoms with Crippen LogP contribution in [0.4, 0.5) is 5.82 Å². The maximum absolute atomic E-state index is 12.1. The maximum atomic E-state index is 12.1. The van der Waals surface area contributed by atoms with E-state index in [1.54, 1.807) is 7.11 Å². The third-order valence-electron chi connectivity index (χ3n) is 4.14. The van der Waals surface area contributed by atoms with Crippen molar-refractivity contribution in [3.05, 3.63) is 47.2 Å². The first-order valence-electron chi connectivity index (χ1n) is 7.89. The summed E-state index contributed by atoms with van der Waals surface area (Å²) in [6.45, 7) is 1.53. The molecule has 0 saturated carbocycles. The van der Waals surface area contributed by atoms with E-state index in [-0.39, 0.29) is 24.8 Å². The minimum Gasteiger partial charge on any atom is -0.496 e. The number of rotatable bonds is 5. The molecule has 130 valence electrons. The van der Waals surface area contributed by atoms with Gasteiger partial charge in [-0.05, 0) is 13.0 Å². The number of amides is 1. The molecule has 2 N–H and O–H groups in total. The van der Waals surface area contributed by atoms with Gasteiger partial charge in [0.15, 0.2) is 0 Å². The van der Waals surface area contributed by atoms with Crippen molar-refractivity contribution in [2.24, 2.45) is 0 Å². The van der Waals surface area contributed by atoms with E-state index in [9.17, 15) is 9.59 Å². The summed E-state index contributed by atoms with van der Waals surface area (Å²) >= 11 is 0. The number of aromatic nitrogens is 2. The largest absolute Gasteiger partial charge is 0.496 e. The molecule has 1 amide bonds. The summed E-state index contributed by atoms with van der Waals surface area (Å²) in [5.74, 6) is -0.125. The number of hydrogen-bond donors (Lipinski definition) is 2. The average Bonchev–Trinajstić information content (AvgIpc) is 2.88. The standard InChI is InChI=1S/C18H19N3O4/c1-11-17-13(8-7-12-5-3-4-6-14(12)25-2)9-15(22)19-18(17)21(20-11)10-16(23)24/h3-8,13H,9-10H2,1-2H3,(H,19,22)(H,23,24)/b8-7+. The first-order chi connectivity index (χ1) is 12.0. The summed E-state index contributed by atoms with van der Waals surface area (Å²) in [4.78, 5) is 23.1. The molecule has 0 spiro atoms. The van der Waals surface area contributed by atoms with Crippen molar-refractivity contribution >= 4 is 23.8 Å². The summed E-state index contributed by atoms with van der Waals surface area (Å²) in [7, 11) is 1.61. The van der Waals surface area contributed by atoms with Gasteiger partial charge in [-0.2, -0.15) is 5.10 Å². The second-order valence-electron chi connectivity index (χ2n) is 5.86.